The summed E-state index contributed by atoms with van der Waals surface area (Å²) in [6.45, 7) is 3.80. The highest BCUT2D eigenvalue weighted by Crippen LogP contribution is 2.00. The van der Waals surface area contributed by atoms with E-state index >= 15 is 0 Å². The third-order valence-electron chi connectivity index (χ3n) is 1.11. The molecule has 0 amide bonds. The third-order valence-corrected chi connectivity index (χ3v) is 1.11. The van der Waals surface area contributed by atoms with Gasteiger partial charge in [0.25, 0.3) is 0 Å². The normalized spacial score (nSPS) is 9.50. The molecule has 1 rings (SSSR count). The van der Waals surface area contributed by atoms with E-state index in [-0.39, 0.29) is 0 Å². The van der Waals surface area contributed by atoms with Gasteiger partial charge >= 0.3 is 0 Å². The van der Waals surface area contributed by atoms with E-state index in [0.717, 1.165) is 11.4 Å². The van der Waals surface area contributed by atoms with Gasteiger partial charge in [0.1, 0.15) is 0 Å². The van der Waals surface area contributed by atoms with Gasteiger partial charge in [-0.3, -0.25) is 5.43 Å². The molecular formula is C6H10N4. The number of anilines is 1. The van der Waals surface area contributed by atoms with E-state index in [1.165, 1.54) is 0 Å². The number of hydrogen-bond acceptors (Lipinski definition) is 4. The number of aryl methyl sites for hydroxylation is 2. The zero-order valence-corrected chi connectivity index (χ0v) is 6.05. The van der Waals surface area contributed by atoms with Crippen LogP contribution < -0.4 is 11.3 Å². The van der Waals surface area contributed by atoms with Crippen LogP contribution >= 0.6 is 0 Å². The molecule has 4 nitrogen and oxygen atoms in total. The smallest absolute Gasteiger partial charge is 0.237 e. The molecule has 0 radical (unpaired) electrons. The first kappa shape index (κ1) is 6.95. The third kappa shape index (κ3) is 1.41. The van der Waals surface area contributed by atoms with Gasteiger partial charge in [-0.25, -0.2) is 15.8 Å². The largest absolute Gasteiger partial charge is 0.292 e. The second-order valence-corrected chi connectivity index (χ2v) is 2.12. The Morgan fingerprint density at radius 1 is 1.30 bits per heavy atom. The van der Waals surface area contributed by atoms with Crippen LogP contribution in [0.3, 0.4) is 0 Å². The fourth-order valence-corrected chi connectivity index (χ4v) is 0.790. The molecule has 0 bridgehead atoms. The van der Waals surface area contributed by atoms with Crippen LogP contribution in [-0.2, 0) is 0 Å². The van der Waals surface area contributed by atoms with Gasteiger partial charge in [0.2, 0.25) is 5.95 Å². The van der Waals surface area contributed by atoms with E-state index in [1.54, 1.807) is 0 Å². The zero-order chi connectivity index (χ0) is 7.56. The molecule has 0 aliphatic rings. The SMILES string of the molecule is Cc1cc(C)nc(NN)n1. The molecule has 1 aromatic heterocycles. The lowest BCUT2D eigenvalue weighted by atomic mass is 10.4. The monoisotopic (exact) mass is 138 g/mol. The maximum atomic E-state index is 5.11. The summed E-state index contributed by atoms with van der Waals surface area (Å²) >= 11 is 0. The molecule has 0 aromatic carbocycles. The van der Waals surface area contributed by atoms with Crippen molar-refractivity contribution in [1.82, 2.24) is 9.97 Å². The summed E-state index contributed by atoms with van der Waals surface area (Å²) < 4.78 is 0. The highest BCUT2D eigenvalue weighted by molar-refractivity contribution is 5.25. The van der Waals surface area contributed by atoms with Gasteiger partial charge in [0, 0.05) is 11.4 Å². The van der Waals surface area contributed by atoms with Crippen LogP contribution in [0.15, 0.2) is 6.07 Å². The van der Waals surface area contributed by atoms with Crippen LogP contribution in [-0.4, -0.2) is 9.97 Å². The molecule has 54 valence electrons. The van der Waals surface area contributed by atoms with Crippen molar-refractivity contribution in [1.29, 1.82) is 0 Å². The fourth-order valence-electron chi connectivity index (χ4n) is 0.790. The Morgan fingerprint density at radius 2 is 1.80 bits per heavy atom. The molecule has 0 saturated heterocycles. The van der Waals surface area contributed by atoms with E-state index in [0.29, 0.717) is 5.95 Å². The second-order valence-electron chi connectivity index (χ2n) is 2.12. The molecule has 1 heterocycles. The second kappa shape index (κ2) is 2.62. The zero-order valence-electron chi connectivity index (χ0n) is 6.05. The van der Waals surface area contributed by atoms with Crippen molar-refractivity contribution in [3.63, 3.8) is 0 Å². The standard InChI is InChI=1S/C6H10N4/c1-4-3-5(2)9-6(8-4)10-7/h3H,7H2,1-2H3,(H,8,9,10). The van der Waals surface area contributed by atoms with Crippen molar-refractivity contribution in [3.8, 4) is 0 Å². The Bertz CT molecular complexity index is 213. The van der Waals surface area contributed by atoms with Crippen molar-refractivity contribution < 1.29 is 0 Å². The number of hydrogen-bond donors (Lipinski definition) is 2. The Hall–Kier alpha value is -1.16. The number of nitrogen functional groups attached to an aromatic ring is 1. The molecule has 0 atom stereocenters. The minimum Gasteiger partial charge on any atom is -0.292 e. The van der Waals surface area contributed by atoms with Crippen LogP contribution in [0.5, 0.6) is 0 Å². The number of nitrogens with one attached hydrogen (secondary N) is 1. The number of rotatable bonds is 1. The molecule has 10 heavy (non-hydrogen) atoms. The first-order valence-corrected chi connectivity index (χ1v) is 3.01. The molecule has 1 aromatic rings. The lowest BCUT2D eigenvalue weighted by Crippen LogP contribution is -2.11. The summed E-state index contributed by atoms with van der Waals surface area (Å²) in [6, 6.07) is 1.89. The van der Waals surface area contributed by atoms with Crippen LogP contribution in [0.4, 0.5) is 5.95 Å². The van der Waals surface area contributed by atoms with Gasteiger partial charge in [-0.15, -0.1) is 0 Å². The predicted octanol–water partition coefficient (Wildman–Crippen LogP) is 0.379. The summed E-state index contributed by atoms with van der Waals surface area (Å²) in [4.78, 5) is 8.01. The Morgan fingerprint density at radius 3 is 2.20 bits per heavy atom. The first-order valence-electron chi connectivity index (χ1n) is 3.01. The molecule has 0 unspecified atom stereocenters. The molecule has 4 heteroatoms. The average Bonchev–Trinajstić information content (AvgIpc) is 1.85. The summed E-state index contributed by atoms with van der Waals surface area (Å²) in [5, 5.41) is 0. The minimum atomic E-state index is 0.470. The van der Waals surface area contributed by atoms with Crippen molar-refractivity contribution in [2.75, 3.05) is 5.43 Å². The van der Waals surface area contributed by atoms with Crippen LogP contribution in [0.25, 0.3) is 0 Å². The number of nitrogens with zero attached hydrogens (tertiary/aromatic N) is 2. The van der Waals surface area contributed by atoms with Gasteiger partial charge in [-0.05, 0) is 19.9 Å². The first-order chi connectivity index (χ1) is 4.72. The lowest BCUT2D eigenvalue weighted by Gasteiger charge is -1.99. The van der Waals surface area contributed by atoms with Gasteiger partial charge in [0.15, 0.2) is 0 Å². The summed E-state index contributed by atoms with van der Waals surface area (Å²) in [7, 11) is 0. The fraction of sp³-hybridized carbons (Fsp3) is 0.333. The van der Waals surface area contributed by atoms with Crippen LogP contribution in [0.2, 0.25) is 0 Å². The number of nitrogens with two attached hydrogens (primary N) is 1. The van der Waals surface area contributed by atoms with Crippen molar-refractivity contribution in [2.24, 2.45) is 5.84 Å². The molecular weight excluding hydrogens is 128 g/mol. The maximum Gasteiger partial charge on any atom is 0.237 e. The summed E-state index contributed by atoms with van der Waals surface area (Å²) in [5.41, 5.74) is 4.22. The minimum absolute atomic E-state index is 0.470. The topological polar surface area (TPSA) is 63.8 Å². The van der Waals surface area contributed by atoms with E-state index in [4.69, 9.17) is 5.84 Å². The Kier molecular flexibility index (Phi) is 1.82. The highest BCUT2D eigenvalue weighted by Gasteiger charge is 1.94. The molecule has 0 aliphatic carbocycles. The number of hydrazine groups is 1. The van der Waals surface area contributed by atoms with Gasteiger partial charge < -0.3 is 0 Å². The van der Waals surface area contributed by atoms with E-state index in [2.05, 4.69) is 15.4 Å². The van der Waals surface area contributed by atoms with E-state index in [1.807, 2.05) is 19.9 Å². The van der Waals surface area contributed by atoms with Gasteiger partial charge in [-0.1, -0.05) is 0 Å². The van der Waals surface area contributed by atoms with E-state index in [9.17, 15) is 0 Å². The molecule has 0 aliphatic heterocycles. The molecule has 0 saturated carbocycles. The molecule has 3 N–H and O–H groups in total. The number of aromatic nitrogens is 2. The van der Waals surface area contributed by atoms with Crippen LogP contribution in [0, 0.1) is 13.8 Å². The van der Waals surface area contributed by atoms with Crippen LogP contribution in [0.1, 0.15) is 11.4 Å². The Labute approximate surface area is 59.5 Å². The van der Waals surface area contributed by atoms with Crippen molar-refractivity contribution in [3.05, 3.63) is 17.5 Å². The average molecular weight is 138 g/mol. The molecule has 0 fully saturated rings. The van der Waals surface area contributed by atoms with E-state index < -0.39 is 0 Å². The Balaban J connectivity index is 3.06. The predicted molar refractivity (Wildman–Crippen MR) is 39.3 cm³/mol. The highest BCUT2D eigenvalue weighted by atomic mass is 15.3. The quantitative estimate of drug-likeness (QED) is 0.435. The maximum absolute atomic E-state index is 5.11. The lowest BCUT2D eigenvalue weighted by molar-refractivity contribution is 1.03. The van der Waals surface area contributed by atoms with Gasteiger partial charge in [-0.2, -0.15) is 0 Å². The summed E-state index contributed by atoms with van der Waals surface area (Å²) in [5.74, 6) is 5.58. The van der Waals surface area contributed by atoms with Crippen molar-refractivity contribution in [2.45, 2.75) is 13.8 Å². The molecule has 0 spiro atoms. The van der Waals surface area contributed by atoms with Gasteiger partial charge in [0.05, 0.1) is 0 Å². The van der Waals surface area contributed by atoms with Crippen molar-refractivity contribution >= 4 is 5.95 Å². The summed E-state index contributed by atoms with van der Waals surface area (Å²) in [6.07, 6.45) is 0.